The van der Waals surface area contributed by atoms with E-state index in [1.165, 1.54) is 5.57 Å². The van der Waals surface area contributed by atoms with Crippen molar-refractivity contribution in [2.24, 2.45) is 28.6 Å². The molecular weight excluding hydrogens is 921 g/mol. The number of hydrogen-bond donors (Lipinski definition) is 2. The van der Waals surface area contributed by atoms with Gasteiger partial charge in [0, 0.05) is 71.0 Å². The Morgan fingerprint density at radius 2 is 1.14 bits per heavy atom. The lowest BCUT2D eigenvalue weighted by Gasteiger charge is -2.63. The molecule has 0 bridgehead atoms. The summed E-state index contributed by atoms with van der Waals surface area (Å²) < 4.78 is 81.8. The highest BCUT2D eigenvalue weighted by atomic mass is 16.8. The molecule has 0 spiro atoms. The molecule has 0 aromatic rings. The second-order valence-corrected chi connectivity index (χ2v) is 22.5. The minimum absolute atomic E-state index is 0.0422. The molecule has 0 amide bonds. The summed E-state index contributed by atoms with van der Waals surface area (Å²) in [6, 6.07) is 0. The molecule has 17 nitrogen and oxygen atoms in total. The quantitative estimate of drug-likeness (QED) is 0.106. The fraction of sp³-hybridized carbons (Fsp3) is 0.889. The Balaban J connectivity index is 0.855. The Morgan fingerprint density at radius 1 is 0.662 bits per heavy atom. The lowest BCUT2D eigenvalue weighted by molar-refractivity contribution is -0.347. The van der Waals surface area contributed by atoms with E-state index < -0.39 is 91.1 Å². The van der Waals surface area contributed by atoms with Gasteiger partial charge in [-0.1, -0.05) is 31.6 Å². The third-order valence-corrected chi connectivity index (χ3v) is 18.8. The van der Waals surface area contributed by atoms with Crippen molar-refractivity contribution < 1.29 is 81.4 Å². The molecule has 4 aliphatic heterocycles. The van der Waals surface area contributed by atoms with E-state index in [-0.39, 0.29) is 65.4 Å². The van der Waals surface area contributed by atoms with Crippen LogP contribution in [0, 0.1) is 28.6 Å². The van der Waals surface area contributed by atoms with E-state index >= 15 is 0 Å². The summed E-state index contributed by atoms with van der Waals surface area (Å²) in [5.74, 6) is -0.718. The predicted octanol–water partition coefficient (Wildman–Crippen LogP) is 6.26. The summed E-state index contributed by atoms with van der Waals surface area (Å²) in [7, 11) is 6.56. The molecule has 404 valence electrons. The first kappa shape index (κ1) is 55.3. The fourth-order valence-corrected chi connectivity index (χ4v) is 14.4. The third kappa shape index (κ3) is 10.5. The Kier molecular flexibility index (Phi) is 17.4. The van der Waals surface area contributed by atoms with Gasteiger partial charge in [-0.2, -0.15) is 0 Å². The smallest absolute Gasteiger partial charge is 0.333 e. The van der Waals surface area contributed by atoms with Crippen LogP contribution in [0.5, 0.6) is 0 Å². The van der Waals surface area contributed by atoms with Crippen molar-refractivity contribution in [1.29, 1.82) is 0 Å². The number of Topliss-reactive ketones (excluding diaryl/α,β-unsaturated/α-hetero) is 1. The lowest BCUT2D eigenvalue weighted by Crippen LogP contribution is -2.66. The van der Waals surface area contributed by atoms with Crippen LogP contribution in [0.25, 0.3) is 0 Å². The lowest BCUT2D eigenvalue weighted by atomic mass is 9.45. The molecule has 71 heavy (non-hydrogen) atoms. The minimum Gasteiger partial charge on any atom is -0.458 e. The van der Waals surface area contributed by atoms with E-state index in [2.05, 4.69) is 13.0 Å². The van der Waals surface area contributed by atoms with Gasteiger partial charge in [-0.3, -0.25) is 4.79 Å². The number of aliphatic hydroxyl groups is 2. The molecule has 8 aliphatic rings. The number of rotatable bonds is 15. The van der Waals surface area contributed by atoms with Gasteiger partial charge in [-0.25, -0.2) is 4.79 Å². The number of ketones is 1. The van der Waals surface area contributed by atoms with E-state index in [0.29, 0.717) is 56.9 Å². The molecule has 4 aliphatic carbocycles. The first-order valence-corrected chi connectivity index (χ1v) is 26.5. The molecular formula is C54H86O17. The van der Waals surface area contributed by atoms with Gasteiger partial charge in [-0.15, -0.1) is 0 Å². The summed E-state index contributed by atoms with van der Waals surface area (Å²) in [4.78, 5) is 26.5. The van der Waals surface area contributed by atoms with Crippen molar-refractivity contribution >= 4 is 11.8 Å². The average molecular weight is 1010 g/mol. The van der Waals surface area contributed by atoms with Crippen LogP contribution in [0.15, 0.2) is 23.3 Å². The molecule has 8 rings (SSSR count). The molecule has 0 aromatic heterocycles. The zero-order valence-corrected chi connectivity index (χ0v) is 44.6. The molecule has 7 fully saturated rings. The van der Waals surface area contributed by atoms with Gasteiger partial charge in [-0.05, 0) is 111 Å². The second-order valence-electron chi connectivity index (χ2n) is 22.5. The highest BCUT2D eigenvalue weighted by molar-refractivity contribution is 5.88. The number of aliphatic hydroxyl groups excluding tert-OH is 1. The van der Waals surface area contributed by atoms with Gasteiger partial charge in [0.25, 0.3) is 0 Å². The minimum atomic E-state index is -1.15. The molecule has 0 aromatic carbocycles. The fourth-order valence-electron chi connectivity index (χ4n) is 14.4. The van der Waals surface area contributed by atoms with Gasteiger partial charge in [0.15, 0.2) is 25.2 Å². The van der Waals surface area contributed by atoms with Crippen molar-refractivity contribution in [3.8, 4) is 0 Å². The average Bonchev–Trinajstić information content (AvgIpc) is 3.63. The van der Waals surface area contributed by atoms with E-state index in [1.807, 2.05) is 34.6 Å². The van der Waals surface area contributed by atoms with Gasteiger partial charge in [0.05, 0.1) is 60.5 Å². The van der Waals surface area contributed by atoms with Gasteiger partial charge >= 0.3 is 5.97 Å². The molecule has 24 atom stereocenters. The number of allylic oxidation sites excluding steroid dienone is 2. The molecule has 4 heterocycles. The first-order valence-electron chi connectivity index (χ1n) is 26.5. The molecule has 3 saturated carbocycles. The summed E-state index contributed by atoms with van der Waals surface area (Å²) in [6.45, 7) is 17.1. The zero-order valence-electron chi connectivity index (χ0n) is 44.6. The van der Waals surface area contributed by atoms with Crippen molar-refractivity contribution in [1.82, 2.24) is 0 Å². The molecule has 0 radical (unpaired) electrons. The Hall–Kier alpha value is -1.94. The molecule has 17 heteroatoms. The summed E-state index contributed by atoms with van der Waals surface area (Å²) in [5, 5.41) is 23.3. The Labute approximate surface area is 421 Å². The monoisotopic (exact) mass is 1010 g/mol. The highest BCUT2D eigenvalue weighted by Crippen LogP contribution is 2.68. The van der Waals surface area contributed by atoms with Gasteiger partial charge < -0.3 is 71.8 Å². The van der Waals surface area contributed by atoms with Crippen LogP contribution in [0.4, 0.5) is 0 Å². The van der Waals surface area contributed by atoms with Crippen LogP contribution in [0.1, 0.15) is 133 Å². The Morgan fingerprint density at radius 3 is 1.62 bits per heavy atom. The molecule has 19 unspecified atom stereocenters. The third-order valence-electron chi connectivity index (χ3n) is 18.8. The van der Waals surface area contributed by atoms with Crippen LogP contribution >= 0.6 is 0 Å². The maximum absolute atomic E-state index is 13.4. The van der Waals surface area contributed by atoms with Crippen LogP contribution < -0.4 is 0 Å². The standard InChI is InChI=1S/C54H86O17/c1-14-27(2)51(57)68-42-22-37-36(54(58)20-18-35(28(3)55)53(42,54)9)16-15-33-21-34(17-19-52(33,37)8)67-43-24-39(60-11)48(30(5)64-43)70-45-26-41(62-13)50(32(7)66-45)71-46-25-40(61-12)49(31(6)65-46)69-44-23-38(59-10)47(56)29(4)63-44/h14-15,29-32,34-50,56,58H,16-26H2,1-13H3/t29?,30?,31?,32?,34-,35?,36?,37?,38?,39?,40?,41?,42+,43?,44?,45?,46?,47?,48?,49?,50?,52-,53-,54-/m0/s1. The first-order chi connectivity index (χ1) is 33.7. The molecule has 2 N–H and O–H groups in total. The Bertz CT molecular complexity index is 1910. The number of methoxy groups -OCH3 is 4. The van der Waals surface area contributed by atoms with E-state index in [9.17, 15) is 19.8 Å². The largest absolute Gasteiger partial charge is 0.458 e. The van der Waals surface area contributed by atoms with E-state index in [1.54, 1.807) is 55.3 Å². The van der Waals surface area contributed by atoms with Crippen LogP contribution in [0.3, 0.4) is 0 Å². The van der Waals surface area contributed by atoms with E-state index in [4.69, 9.17) is 61.6 Å². The normalized spacial score (nSPS) is 49.3. The summed E-state index contributed by atoms with van der Waals surface area (Å²) in [5.41, 5.74) is -0.429. The van der Waals surface area contributed by atoms with E-state index in [0.717, 1.165) is 19.3 Å². The summed E-state index contributed by atoms with van der Waals surface area (Å²) >= 11 is 0. The number of esters is 1. The maximum atomic E-state index is 13.4. The number of ether oxygens (including phenoxy) is 13. The second kappa shape index (κ2) is 22.3. The van der Waals surface area contributed by atoms with Gasteiger partial charge in [0.2, 0.25) is 0 Å². The number of hydrogen-bond acceptors (Lipinski definition) is 17. The predicted molar refractivity (Wildman–Crippen MR) is 257 cm³/mol. The van der Waals surface area contributed by atoms with Crippen molar-refractivity contribution in [2.75, 3.05) is 28.4 Å². The zero-order chi connectivity index (χ0) is 51.3. The number of fused-ring (bicyclic) bond motifs is 5. The van der Waals surface area contributed by atoms with Gasteiger partial charge in [0.1, 0.15) is 36.3 Å². The van der Waals surface area contributed by atoms with Crippen LogP contribution in [0.2, 0.25) is 0 Å². The number of carbonyl (C=O) groups is 2. The van der Waals surface area contributed by atoms with Crippen LogP contribution in [-0.2, 0) is 71.2 Å². The number of carbonyl (C=O) groups excluding carboxylic acids is 2. The van der Waals surface area contributed by atoms with Crippen LogP contribution in [-0.4, -0.2) is 167 Å². The summed E-state index contributed by atoms with van der Waals surface area (Å²) in [6.07, 6.45) is 2.27. The highest BCUT2D eigenvalue weighted by Gasteiger charge is 2.71. The molecule has 4 saturated heterocycles. The van der Waals surface area contributed by atoms with Crippen molar-refractivity contribution in [3.63, 3.8) is 0 Å². The van der Waals surface area contributed by atoms with Crippen molar-refractivity contribution in [3.05, 3.63) is 23.3 Å². The SMILES string of the molecule is CC=C(C)C(=O)O[C@@H]1CC2C(CC=C3C[C@@H](OC4CC(OC)C(OC5CC(OC)C(OC6CC(OC)C(OC7CC(OC)C(O)C(C)O7)C(C)O6)C(C)O5)C(C)O4)CC[C@@]32C)[C@@]2(O)CCC(C(C)=O)[C@@]12C. The topological polar surface area (TPSA) is 195 Å². The maximum Gasteiger partial charge on any atom is 0.333 e. The van der Waals surface area contributed by atoms with Crippen molar-refractivity contribution in [2.45, 2.75) is 249 Å².